The van der Waals surface area contributed by atoms with Gasteiger partial charge in [-0.3, -0.25) is 0 Å². The van der Waals surface area contributed by atoms with Crippen molar-refractivity contribution in [3.8, 4) is 0 Å². The highest BCUT2D eigenvalue weighted by Crippen LogP contribution is 2.22. The lowest BCUT2D eigenvalue weighted by Gasteiger charge is -2.30. The number of nitrogens with zero attached hydrogens (tertiary/aromatic N) is 1. The molecule has 3 nitrogen and oxygen atoms in total. The molecule has 1 heterocycles. The second-order valence-electron chi connectivity index (χ2n) is 4.92. The molecule has 0 amide bonds. The number of likely N-dealkylation sites (tertiary alicyclic amines) is 1. The smallest absolute Gasteiger partial charge is 0.0543 e. The second-order valence-corrected chi connectivity index (χ2v) is 4.92. The summed E-state index contributed by atoms with van der Waals surface area (Å²) in [5.41, 5.74) is 5.43. The Kier molecular flexibility index (Phi) is 6.22. The molecule has 0 aromatic heterocycles. The predicted octanol–water partition coefficient (Wildman–Crippen LogP) is 1.21. The molecule has 0 aliphatic carbocycles. The van der Waals surface area contributed by atoms with E-state index in [1.54, 1.807) is 0 Å². The number of aliphatic hydroxyl groups excluding tert-OH is 1. The van der Waals surface area contributed by atoms with Crippen LogP contribution < -0.4 is 5.73 Å². The van der Waals surface area contributed by atoms with Crippen LogP contribution in [0.2, 0.25) is 0 Å². The normalized spacial score (nSPS) is 21.8. The summed E-state index contributed by atoms with van der Waals surface area (Å²) < 4.78 is 0. The van der Waals surface area contributed by atoms with Crippen LogP contribution in [0.3, 0.4) is 0 Å². The lowest BCUT2D eigenvalue weighted by molar-refractivity contribution is 0.106. The van der Waals surface area contributed by atoms with E-state index in [0.29, 0.717) is 0 Å². The Hall–Kier alpha value is -0.120. The SMILES string of the molecule is CN1CCC(CC(O)CCCCN)CC1. The number of hydrogen-bond acceptors (Lipinski definition) is 3. The minimum absolute atomic E-state index is 0.0926. The van der Waals surface area contributed by atoms with Gasteiger partial charge in [0.15, 0.2) is 0 Å². The second kappa shape index (κ2) is 7.20. The lowest BCUT2D eigenvalue weighted by atomic mass is 9.90. The Bertz CT molecular complexity index is 156. The number of hydrogen-bond donors (Lipinski definition) is 2. The van der Waals surface area contributed by atoms with E-state index in [4.69, 9.17) is 5.73 Å². The summed E-state index contributed by atoms with van der Waals surface area (Å²) in [7, 11) is 2.17. The first kappa shape index (κ1) is 12.9. The van der Waals surface area contributed by atoms with Crippen molar-refractivity contribution >= 4 is 0 Å². The minimum Gasteiger partial charge on any atom is -0.393 e. The quantitative estimate of drug-likeness (QED) is 0.653. The first-order chi connectivity index (χ1) is 7.22. The standard InChI is InChI=1S/C12H26N2O/c1-14-8-5-11(6-9-14)10-12(15)4-2-3-7-13/h11-12,15H,2-10,13H2,1H3. The summed E-state index contributed by atoms with van der Waals surface area (Å²) in [6.45, 7) is 3.14. The molecule has 0 aromatic carbocycles. The molecule has 1 rings (SSSR count). The van der Waals surface area contributed by atoms with Gasteiger partial charge in [-0.15, -0.1) is 0 Å². The maximum atomic E-state index is 9.84. The van der Waals surface area contributed by atoms with Crippen LogP contribution in [0.15, 0.2) is 0 Å². The number of unbranched alkanes of at least 4 members (excludes halogenated alkanes) is 1. The molecule has 3 heteroatoms. The first-order valence-electron chi connectivity index (χ1n) is 6.29. The van der Waals surface area contributed by atoms with Crippen LogP contribution >= 0.6 is 0 Å². The molecule has 1 fully saturated rings. The molecular weight excluding hydrogens is 188 g/mol. The van der Waals surface area contributed by atoms with Gasteiger partial charge in [-0.1, -0.05) is 0 Å². The van der Waals surface area contributed by atoms with Gasteiger partial charge in [0.1, 0.15) is 0 Å². The average Bonchev–Trinajstić information content (AvgIpc) is 2.22. The van der Waals surface area contributed by atoms with E-state index in [0.717, 1.165) is 38.1 Å². The van der Waals surface area contributed by atoms with Crippen molar-refractivity contribution in [1.29, 1.82) is 0 Å². The molecule has 0 aromatic rings. The Morgan fingerprint density at radius 1 is 1.33 bits per heavy atom. The molecule has 1 saturated heterocycles. The van der Waals surface area contributed by atoms with E-state index in [2.05, 4.69) is 11.9 Å². The van der Waals surface area contributed by atoms with Crippen LogP contribution in [-0.4, -0.2) is 42.8 Å². The van der Waals surface area contributed by atoms with Crippen molar-refractivity contribution in [2.75, 3.05) is 26.7 Å². The topological polar surface area (TPSA) is 49.5 Å². The molecule has 0 saturated carbocycles. The molecule has 15 heavy (non-hydrogen) atoms. The minimum atomic E-state index is -0.0926. The van der Waals surface area contributed by atoms with Crippen LogP contribution in [0.5, 0.6) is 0 Å². The van der Waals surface area contributed by atoms with Crippen LogP contribution in [0, 0.1) is 5.92 Å². The van der Waals surface area contributed by atoms with E-state index < -0.39 is 0 Å². The average molecular weight is 214 g/mol. The summed E-state index contributed by atoms with van der Waals surface area (Å²) >= 11 is 0. The molecular formula is C12H26N2O. The fraction of sp³-hybridized carbons (Fsp3) is 1.00. The first-order valence-corrected chi connectivity index (χ1v) is 6.29. The number of nitrogens with two attached hydrogens (primary N) is 1. The Balaban J connectivity index is 2.06. The fourth-order valence-electron chi connectivity index (χ4n) is 2.32. The zero-order valence-corrected chi connectivity index (χ0v) is 9.99. The highest BCUT2D eigenvalue weighted by atomic mass is 16.3. The van der Waals surface area contributed by atoms with Gasteiger partial charge in [0.2, 0.25) is 0 Å². The van der Waals surface area contributed by atoms with Crippen LogP contribution in [0.1, 0.15) is 38.5 Å². The van der Waals surface area contributed by atoms with Crippen molar-refractivity contribution < 1.29 is 5.11 Å². The monoisotopic (exact) mass is 214 g/mol. The largest absolute Gasteiger partial charge is 0.393 e. The molecule has 0 bridgehead atoms. The zero-order chi connectivity index (χ0) is 11.1. The Labute approximate surface area is 93.6 Å². The van der Waals surface area contributed by atoms with Gasteiger partial charge in [-0.05, 0) is 71.1 Å². The molecule has 0 radical (unpaired) electrons. The highest BCUT2D eigenvalue weighted by molar-refractivity contribution is 4.72. The fourth-order valence-corrected chi connectivity index (χ4v) is 2.32. The van der Waals surface area contributed by atoms with Crippen molar-refractivity contribution in [3.63, 3.8) is 0 Å². The number of piperidine rings is 1. The van der Waals surface area contributed by atoms with Gasteiger partial charge >= 0.3 is 0 Å². The van der Waals surface area contributed by atoms with Crippen molar-refractivity contribution in [1.82, 2.24) is 4.90 Å². The summed E-state index contributed by atoms with van der Waals surface area (Å²) in [4.78, 5) is 2.37. The molecule has 1 aliphatic heterocycles. The number of aliphatic hydroxyl groups is 1. The Morgan fingerprint density at radius 2 is 2.00 bits per heavy atom. The summed E-state index contributed by atoms with van der Waals surface area (Å²) in [5, 5.41) is 9.84. The third kappa shape index (κ3) is 5.50. The van der Waals surface area contributed by atoms with Crippen molar-refractivity contribution in [2.45, 2.75) is 44.6 Å². The van der Waals surface area contributed by atoms with E-state index in [9.17, 15) is 5.11 Å². The molecule has 1 unspecified atom stereocenters. The zero-order valence-electron chi connectivity index (χ0n) is 9.99. The van der Waals surface area contributed by atoms with Gasteiger partial charge in [-0.2, -0.15) is 0 Å². The molecule has 90 valence electrons. The van der Waals surface area contributed by atoms with E-state index in [-0.39, 0.29) is 6.10 Å². The van der Waals surface area contributed by atoms with E-state index >= 15 is 0 Å². The molecule has 3 N–H and O–H groups in total. The van der Waals surface area contributed by atoms with Crippen LogP contribution in [0.25, 0.3) is 0 Å². The van der Waals surface area contributed by atoms with Crippen LogP contribution in [0.4, 0.5) is 0 Å². The van der Waals surface area contributed by atoms with E-state index in [1.807, 2.05) is 0 Å². The lowest BCUT2D eigenvalue weighted by Crippen LogP contribution is -2.31. The van der Waals surface area contributed by atoms with E-state index in [1.165, 1.54) is 25.9 Å². The van der Waals surface area contributed by atoms with Crippen LogP contribution in [-0.2, 0) is 0 Å². The summed E-state index contributed by atoms with van der Waals surface area (Å²) in [6.07, 6.45) is 6.47. The molecule has 1 aliphatic rings. The molecule has 1 atom stereocenters. The summed E-state index contributed by atoms with van der Waals surface area (Å²) in [5.74, 6) is 0.745. The van der Waals surface area contributed by atoms with Crippen molar-refractivity contribution in [3.05, 3.63) is 0 Å². The third-order valence-corrected chi connectivity index (χ3v) is 3.44. The van der Waals surface area contributed by atoms with Gasteiger partial charge < -0.3 is 15.7 Å². The van der Waals surface area contributed by atoms with Gasteiger partial charge in [0.25, 0.3) is 0 Å². The molecule has 0 spiro atoms. The summed E-state index contributed by atoms with van der Waals surface area (Å²) in [6, 6.07) is 0. The predicted molar refractivity (Wildman–Crippen MR) is 63.8 cm³/mol. The Morgan fingerprint density at radius 3 is 2.60 bits per heavy atom. The number of rotatable bonds is 6. The van der Waals surface area contributed by atoms with Crippen molar-refractivity contribution in [2.24, 2.45) is 11.7 Å². The van der Waals surface area contributed by atoms with Gasteiger partial charge in [0.05, 0.1) is 6.10 Å². The van der Waals surface area contributed by atoms with Gasteiger partial charge in [0, 0.05) is 0 Å². The maximum Gasteiger partial charge on any atom is 0.0543 e. The van der Waals surface area contributed by atoms with Gasteiger partial charge in [-0.25, -0.2) is 0 Å². The maximum absolute atomic E-state index is 9.84. The highest BCUT2D eigenvalue weighted by Gasteiger charge is 2.19. The third-order valence-electron chi connectivity index (χ3n) is 3.44.